The Labute approximate surface area is 146 Å². The van der Waals surface area contributed by atoms with E-state index in [-0.39, 0.29) is 11.9 Å². The minimum atomic E-state index is -0.457. The number of nitrogens with one attached hydrogen (secondary N) is 3. The predicted molar refractivity (Wildman–Crippen MR) is 93.8 cm³/mol. The molecule has 7 nitrogen and oxygen atoms in total. The van der Waals surface area contributed by atoms with Crippen LogP contribution in [0.3, 0.4) is 0 Å². The van der Waals surface area contributed by atoms with Gasteiger partial charge in [-0.15, -0.1) is 0 Å². The lowest BCUT2D eigenvalue weighted by Gasteiger charge is -2.16. The Morgan fingerprint density at radius 3 is 2.88 bits per heavy atom. The van der Waals surface area contributed by atoms with Gasteiger partial charge in [0.2, 0.25) is 5.91 Å². The number of benzene rings is 1. The molecule has 3 amide bonds. The molecule has 1 aliphatic heterocycles. The van der Waals surface area contributed by atoms with E-state index in [1.807, 2.05) is 41.2 Å². The van der Waals surface area contributed by atoms with Crippen LogP contribution in [0.15, 0.2) is 42.7 Å². The molecule has 2 aromatic rings. The maximum atomic E-state index is 12.2. The van der Waals surface area contributed by atoms with Crippen LogP contribution in [0.25, 0.3) is 0 Å². The number of nitrogens with zero attached hydrogens (tertiary/aromatic N) is 2. The van der Waals surface area contributed by atoms with Crippen LogP contribution in [0.5, 0.6) is 0 Å². The van der Waals surface area contributed by atoms with E-state index in [2.05, 4.69) is 21.0 Å². The van der Waals surface area contributed by atoms with Crippen LogP contribution in [0.4, 0.5) is 4.79 Å². The minimum Gasteiger partial charge on any atom is -0.354 e. The second-order valence-corrected chi connectivity index (χ2v) is 6.14. The summed E-state index contributed by atoms with van der Waals surface area (Å²) in [6.45, 7) is 1.73. The molecule has 0 aliphatic carbocycles. The molecule has 1 atom stereocenters. The van der Waals surface area contributed by atoms with E-state index in [1.165, 1.54) is 0 Å². The Bertz CT molecular complexity index is 714. The third-order valence-electron chi connectivity index (χ3n) is 4.29. The number of hydrogen-bond donors (Lipinski definition) is 3. The van der Waals surface area contributed by atoms with Crippen molar-refractivity contribution >= 4 is 11.9 Å². The monoisotopic (exact) mass is 341 g/mol. The molecule has 132 valence electrons. The van der Waals surface area contributed by atoms with Gasteiger partial charge in [-0.1, -0.05) is 24.3 Å². The molecule has 0 radical (unpaired) electrons. The van der Waals surface area contributed by atoms with Crippen molar-refractivity contribution in [2.24, 2.45) is 0 Å². The molecule has 1 saturated heterocycles. The fourth-order valence-electron chi connectivity index (χ4n) is 2.91. The normalized spacial score (nSPS) is 17.4. The fraction of sp³-hybridized carbons (Fsp3) is 0.389. The Kier molecular flexibility index (Phi) is 5.66. The van der Waals surface area contributed by atoms with Crippen LogP contribution in [0.2, 0.25) is 0 Å². The lowest BCUT2D eigenvalue weighted by Crippen LogP contribution is -2.48. The SMILES string of the molecule is O=C(NCc1ccccc1Cn1cccn1)NC1CCCCNC1=O. The lowest BCUT2D eigenvalue weighted by molar-refractivity contribution is -0.122. The molecule has 25 heavy (non-hydrogen) atoms. The van der Waals surface area contributed by atoms with E-state index in [0.717, 1.165) is 24.0 Å². The maximum Gasteiger partial charge on any atom is 0.315 e. The number of carbonyl (C=O) groups excluding carboxylic acids is 2. The molecule has 1 aromatic carbocycles. The molecule has 3 N–H and O–H groups in total. The molecule has 3 rings (SSSR count). The van der Waals surface area contributed by atoms with Gasteiger partial charge in [0.05, 0.1) is 6.54 Å². The summed E-state index contributed by atoms with van der Waals surface area (Å²) in [5, 5.41) is 12.6. The van der Waals surface area contributed by atoms with Crippen LogP contribution < -0.4 is 16.0 Å². The van der Waals surface area contributed by atoms with E-state index in [4.69, 9.17) is 0 Å². The summed E-state index contributed by atoms with van der Waals surface area (Å²) >= 11 is 0. The highest BCUT2D eigenvalue weighted by molar-refractivity contribution is 5.87. The van der Waals surface area contributed by atoms with E-state index in [0.29, 0.717) is 26.1 Å². The number of carbonyl (C=O) groups is 2. The fourth-order valence-corrected chi connectivity index (χ4v) is 2.91. The average Bonchev–Trinajstić information content (AvgIpc) is 3.04. The third-order valence-corrected chi connectivity index (χ3v) is 4.29. The summed E-state index contributed by atoms with van der Waals surface area (Å²) in [5.41, 5.74) is 2.12. The number of hydrogen-bond acceptors (Lipinski definition) is 3. The van der Waals surface area contributed by atoms with Gasteiger partial charge in [-0.2, -0.15) is 5.10 Å². The molecule has 0 spiro atoms. The smallest absolute Gasteiger partial charge is 0.315 e. The zero-order chi connectivity index (χ0) is 17.5. The number of amides is 3. The third kappa shape index (κ3) is 4.82. The second-order valence-electron chi connectivity index (χ2n) is 6.14. The Balaban J connectivity index is 1.56. The first-order chi connectivity index (χ1) is 12.2. The van der Waals surface area contributed by atoms with Crippen molar-refractivity contribution in [2.45, 2.75) is 38.4 Å². The van der Waals surface area contributed by atoms with Crippen LogP contribution in [0, 0.1) is 0 Å². The Morgan fingerprint density at radius 2 is 2.08 bits per heavy atom. The quantitative estimate of drug-likeness (QED) is 0.768. The topological polar surface area (TPSA) is 88.1 Å². The first-order valence-corrected chi connectivity index (χ1v) is 8.58. The van der Waals surface area contributed by atoms with Gasteiger partial charge >= 0.3 is 6.03 Å². The predicted octanol–water partition coefficient (Wildman–Crippen LogP) is 1.40. The van der Waals surface area contributed by atoms with Crippen LogP contribution in [-0.2, 0) is 17.9 Å². The Morgan fingerprint density at radius 1 is 1.24 bits per heavy atom. The maximum absolute atomic E-state index is 12.2. The van der Waals surface area contributed by atoms with Crippen molar-refractivity contribution in [3.05, 3.63) is 53.9 Å². The molecular weight excluding hydrogens is 318 g/mol. The molecule has 1 aromatic heterocycles. The van der Waals surface area contributed by atoms with Gasteiger partial charge in [-0.25, -0.2) is 4.79 Å². The summed E-state index contributed by atoms with van der Waals surface area (Å²) in [6, 6.07) is 9.02. The van der Waals surface area contributed by atoms with Gasteiger partial charge in [0.25, 0.3) is 0 Å². The van der Waals surface area contributed by atoms with Gasteiger partial charge in [0.1, 0.15) is 6.04 Å². The number of aromatic nitrogens is 2. The molecular formula is C18H23N5O2. The standard InChI is InChI=1S/C18H23N5O2/c24-17-16(8-3-4-9-19-17)22-18(25)20-12-14-6-1-2-7-15(14)13-23-11-5-10-21-23/h1-2,5-7,10-11,16H,3-4,8-9,12-13H2,(H,19,24)(H2,20,22,25). The van der Waals surface area contributed by atoms with Crippen molar-refractivity contribution in [1.29, 1.82) is 0 Å². The summed E-state index contributed by atoms with van der Waals surface area (Å²) in [7, 11) is 0. The zero-order valence-corrected chi connectivity index (χ0v) is 14.1. The van der Waals surface area contributed by atoms with Gasteiger partial charge in [0.15, 0.2) is 0 Å². The molecule has 1 fully saturated rings. The van der Waals surface area contributed by atoms with Crippen molar-refractivity contribution < 1.29 is 9.59 Å². The zero-order valence-electron chi connectivity index (χ0n) is 14.1. The second kappa shape index (κ2) is 8.32. The lowest BCUT2D eigenvalue weighted by atomic mass is 10.1. The van der Waals surface area contributed by atoms with Crippen molar-refractivity contribution in [3.63, 3.8) is 0 Å². The van der Waals surface area contributed by atoms with E-state index < -0.39 is 6.04 Å². The summed E-state index contributed by atoms with van der Waals surface area (Å²) < 4.78 is 1.84. The highest BCUT2D eigenvalue weighted by Gasteiger charge is 2.22. The summed E-state index contributed by atoms with van der Waals surface area (Å²) in [6.07, 6.45) is 6.20. The first-order valence-electron chi connectivity index (χ1n) is 8.58. The van der Waals surface area contributed by atoms with Gasteiger partial charge in [-0.05, 0) is 36.5 Å². The highest BCUT2D eigenvalue weighted by atomic mass is 16.2. The van der Waals surface area contributed by atoms with Crippen LogP contribution in [0.1, 0.15) is 30.4 Å². The van der Waals surface area contributed by atoms with Gasteiger partial charge < -0.3 is 16.0 Å². The number of rotatable bonds is 5. The molecule has 0 saturated carbocycles. The highest BCUT2D eigenvalue weighted by Crippen LogP contribution is 2.10. The van der Waals surface area contributed by atoms with Gasteiger partial charge in [-0.3, -0.25) is 9.48 Å². The summed E-state index contributed by atoms with van der Waals surface area (Å²) in [4.78, 5) is 24.0. The molecule has 1 unspecified atom stereocenters. The Hall–Kier alpha value is -2.83. The van der Waals surface area contributed by atoms with Crippen molar-refractivity contribution in [3.8, 4) is 0 Å². The number of urea groups is 1. The van der Waals surface area contributed by atoms with E-state index in [1.54, 1.807) is 6.20 Å². The van der Waals surface area contributed by atoms with Crippen molar-refractivity contribution in [1.82, 2.24) is 25.7 Å². The molecule has 1 aliphatic rings. The minimum absolute atomic E-state index is 0.105. The van der Waals surface area contributed by atoms with Crippen LogP contribution in [-0.4, -0.2) is 34.3 Å². The molecule has 2 heterocycles. The van der Waals surface area contributed by atoms with E-state index in [9.17, 15) is 9.59 Å². The summed E-state index contributed by atoms with van der Waals surface area (Å²) in [5.74, 6) is -0.105. The van der Waals surface area contributed by atoms with Gasteiger partial charge in [0, 0.05) is 25.5 Å². The molecule has 7 heteroatoms. The molecule has 0 bridgehead atoms. The van der Waals surface area contributed by atoms with Crippen LogP contribution >= 0.6 is 0 Å². The average molecular weight is 341 g/mol. The largest absolute Gasteiger partial charge is 0.354 e. The van der Waals surface area contributed by atoms with Crippen molar-refractivity contribution in [2.75, 3.05) is 6.54 Å². The first kappa shape index (κ1) is 17.0. The van der Waals surface area contributed by atoms with E-state index >= 15 is 0 Å².